The number of carboxylic acid groups (broad SMARTS) is 1. The first-order valence-corrected chi connectivity index (χ1v) is 7.57. The van der Waals surface area contributed by atoms with Gasteiger partial charge >= 0.3 is 11.9 Å². The van der Waals surface area contributed by atoms with Crippen LogP contribution in [0.4, 0.5) is 0 Å². The summed E-state index contributed by atoms with van der Waals surface area (Å²) in [4.78, 5) is 32.7. The van der Waals surface area contributed by atoms with Gasteiger partial charge in [-0.3, -0.25) is 4.79 Å². The smallest absolute Gasteiger partial charge is 0.337 e. The van der Waals surface area contributed by atoms with Gasteiger partial charge in [0.2, 0.25) is 0 Å². The Kier molecular flexibility index (Phi) is 7.53. The summed E-state index contributed by atoms with van der Waals surface area (Å²) in [7, 11) is 1.33. The molecule has 0 heterocycles. The highest BCUT2D eigenvalue weighted by Gasteiger charge is 2.11. The van der Waals surface area contributed by atoms with Crippen molar-refractivity contribution < 1.29 is 24.2 Å². The van der Waals surface area contributed by atoms with Crippen molar-refractivity contribution in [1.29, 1.82) is 0 Å². The predicted molar refractivity (Wildman–Crippen MR) is 80.7 cm³/mol. The number of benzene rings is 1. The highest BCUT2D eigenvalue weighted by Crippen LogP contribution is 2.17. The summed E-state index contributed by atoms with van der Waals surface area (Å²) in [5, 5.41) is 8.34. The number of methoxy groups -OCH3 is 1. The van der Waals surface area contributed by atoms with E-state index in [0.29, 0.717) is 24.2 Å². The molecule has 0 aromatic heterocycles. The first-order chi connectivity index (χ1) is 10.1. The molecule has 1 atom stereocenters. The average Bonchev–Trinajstić information content (AvgIpc) is 2.49. The molecule has 0 aliphatic rings. The maximum atomic E-state index is 11.3. The monoisotopic (exact) mass is 310 g/mol. The quantitative estimate of drug-likeness (QED) is 0.428. The van der Waals surface area contributed by atoms with E-state index >= 15 is 0 Å². The first-order valence-electron chi connectivity index (χ1n) is 6.52. The maximum Gasteiger partial charge on any atom is 0.337 e. The summed E-state index contributed by atoms with van der Waals surface area (Å²) < 4.78 is 4.62. The highest BCUT2D eigenvalue weighted by atomic mass is 32.2. The van der Waals surface area contributed by atoms with Gasteiger partial charge in [0.25, 0.3) is 0 Å². The van der Waals surface area contributed by atoms with Crippen molar-refractivity contribution >= 4 is 30.0 Å². The minimum atomic E-state index is -0.823. The van der Waals surface area contributed by atoms with Crippen molar-refractivity contribution in [2.75, 3.05) is 12.9 Å². The number of esters is 1. The van der Waals surface area contributed by atoms with Gasteiger partial charge in [-0.1, -0.05) is 12.1 Å². The van der Waals surface area contributed by atoms with Gasteiger partial charge in [-0.25, -0.2) is 4.79 Å². The molecule has 6 heteroatoms. The predicted octanol–water partition coefficient (Wildman–Crippen LogP) is 2.18. The highest BCUT2D eigenvalue weighted by molar-refractivity contribution is 8.00. The number of carboxylic acids is 1. The minimum Gasteiger partial charge on any atom is -0.481 e. The van der Waals surface area contributed by atoms with E-state index in [4.69, 9.17) is 5.11 Å². The molecule has 1 N–H and O–H groups in total. The zero-order valence-electron chi connectivity index (χ0n) is 11.8. The van der Waals surface area contributed by atoms with E-state index in [1.807, 2.05) is 0 Å². The number of carbonyl (C=O) groups is 3. The number of aldehydes is 1. The number of thioether (sulfide) groups is 1. The van der Waals surface area contributed by atoms with Crippen LogP contribution in [0.25, 0.3) is 0 Å². The van der Waals surface area contributed by atoms with Gasteiger partial charge in [-0.15, -0.1) is 0 Å². The SMILES string of the molecule is COC(=O)c1ccc(CC(C=O)SCCCC(=O)O)cc1. The summed E-state index contributed by atoms with van der Waals surface area (Å²) in [5.74, 6) is -0.580. The van der Waals surface area contributed by atoms with E-state index in [0.717, 1.165) is 11.8 Å². The Morgan fingerprint density at radius 3 is 2.52 bits per heavy atom. The molecule has 1 unspecified atom stereocenters. The zero-order valence-corrected chi connectivity index (χ0v) is 12.6. The fraction of sp³-hybridized carbons (Fsp3) is 0.400. The summed E-state index contributed by atoms with van der Waals surface area (Å²) in [6.45, 7) is 0. The number of hydrogen-bond acceptors (Lipinski definition) is 5. The molecule has 0 amide bonds. The van der Waals surface area contributed by atoms with Crippen molar-refractivity contribution in [1.82, 2.24) is 0 Å². The molecule has 0 aliphatic heterocycles. The van der Waals surface area contributed by atoms with Gasteiger partial charge in [0, 0.05) is 6.42 Å². The molecule has 0 spiro atoms. The topological polar surface area (TPSA) is 80.7 Å². The van der Waals surface area contributed by atoms with Crippen molar-refractivity contribution in [2.45, 2.75) is 24.5 Å². The van der Waals surface area contributed by atoms with Crippen LogP contribution in [0.5, 0.6) is 0 Å². The lowest BCUT2D eigenvalue weighted by molar-refractivity contribution is -0.137. The number of hydrogen-bond donors (Lipinski definition) is 1. The average molecular weight is 310 g/mol. The Balaban J connectivity index is 2.47. The Hall–Kier alpha value is -1.82. The second-order valence-corrected chi connectivity index (χ2v) is 5.78. The van der Waals surface area contributed by atoms with Crippen molar-refractivity contribution in [2.24, 2.45) is 0 Å². The fourth-order valence-corrected chi connectivity index (χ4v) is 2.73. The molecule has 0 saturated carbocycles. The second kappa shape index (κ2) is 9.18. The van der Waals surface area contributed by atoms with Crippen LogP contribution in [-0.4, -0.2) is 41.4 Å². The molecule has 5 nitrogen and oxygen atoms in total. The summed E-state index contributed by atoms with van der Waals surface area (Å²) in [5.41, 5.74) is 1.42. The molecule has 21 heavy (non-hydrogen) atoms. The van der Waals surface area contributed by atoms with E-state index in [1.54, 1.807) is 24.3 Å². The van der Waals surface area contributed by atoms with E-state index in [1.165, 1.54) is 18.9 Å². The molecule has 0 fully saturated rings. The van der Waals surface area contributed by atoms with Gasteiger partial charge in [0.15, 0.2) is 0 Å². The lowest BCUT2D eigenvalue weighted by Gasteiger charge is -2.10. The van der Waals surface area contributed by atoms with Crippen molar-refractivity contribution in [3.05, 3.63) is 35.4 Å². The number of rotatable bonds is 9. The molecule has 0 saturated heterocycles. The normalized spacial score (nSPS) is 11.7. The van der Waals surface area contributed by atoms with Crippen LogP contribution in [0.3, 0.4) is 0 Å². The van der Waals surface area contributed by atoms with Crippen LogP contribution in [-0.2, 0) is 20.7 Å². The molecular weight excluding hydrogens is 292 g/mol. The fourth-order valence-electron chi connectivity index (χ4n) is 1.73. The van der Waals surface area contributed by atoms with E-state index in [2.05, 4.69) is 4.74 Å². The van der Waals surface area contributed by atoms with Gasteiger partial charge in [-0.2, -0.15) is 11.8 Å². The Labute approximate surface area is 127 Å². The van der Waals surface area contributed by atoms with Gasteiger partial charge in [-0.05, 0) is 36.3 Å². The maximum absolute atomic E-state index is 11.3. The molecule has 0 aliphatic carbocycles. The molecule has 0 radical (unpaired) electrons. The van der Waals surface area contributed by atoms with Gasteiger partial charge < -0.3 is 14.6 Å². The molecule has 1 aromatic rings. The molecule has 0 bridgehead atoms. The Morgan fingerprint density at radius 2 is 2.00 bits per heavy atom. The van der Waals surface area contributed by atoms with Gasteiger partial charge in [0.1, 0.15) is 6.29 Å². The van der Waals surface area contributed by atoms with Crippen molar-refractivity contribution in [3.63, 3.8) is 0 Å². The van der Waals surface area contributed by atoms with Gasteiger partial charge in [0.05, 0.1) is 17.9 Å². The Morgan fingerprint density at radius 1 is 1.33 bits per heavy atom. The minimum absolute atomic E-state index is 0.117. The third kappa shape index (κ3) is 6.44. The lowest BCUT2D eigenvalue weighted by atomic mass is 10.1. The van der Waals surface area contributed by atoms with Crippen LogP contribution in [0, 0.1) is 0 Å². The van der Waals surface area contributed by atoms with Crippen LogP contribution in [0.2, 0.25) is 0 Å². The summed E-state index contributed by atoms with van der Waals surface area (Å²) in [6.07, 6.45) is 2.10. The molecule has 1 aromatic carbocycles. The standard InChI is InChI=1S/C15H18O5S/c1-20-15(19)12-6-4-11(5-7-12)9-13(10-16)21-8-2-3-14(17)18/h4-7,10,13H,2-3,8-9H2,1H3,(H,17,18). The van der Waals surface area contributed by atoms with E-state index in [-0.39, 0.29) is 11.7 Å². The number of carbonyl (C=O) groups excluding carboxylic acids is 2. The van der Waals surface area contributed by atoms with Crippen molar-refractivity contribution in [3.8, 4) is 0 Å². The third-order valence-corrected chi connectivity index (χ3v) is 4.06. The largest absolute Gasteiger partial charge is 0.481 e. The van der Waals surface area contributed by atoms with E-state index < -0.39 is 11.9 Å². The van der Waals surface area contributed by atoms with Crippen LogP contribution < -0.4 is 0 Å². The molecular formula is C15H18O5S. The van der Waals surface area contributed by atoms with Crippen LogP contribution in [0.15, 0.2) is 24.3 Å². The zero-order chi connectivity index (χ0) is 15.7. The third-order valence-electron chi connectivity index (χ3n) is 2.83. The first kappa shape index (κ1) is 17.2. The van der Waals surface area contributed by atoms with Crippen LogP contribution in [0.1, 0.15) is 28.8 Å². The van der Waals surface area contributed by atoms with E-state index in [9.17, 15) is 14.4 Å². The molecule has 114 valence electrons. The number of aliphatic carboxylic acids is 1. The number of ether oxygens (including phenoxy) is 1. The summed E-state index contributed by atoms with van der Waals surface area (Å²) >= 11 is 1.45. The Bertz CT molecular complexity index is 483. The lowest BCUT2D eigenvalue weighted by Crippen LogP contribution is -2.10. The summed E-state index contributed by atoms with van der Waals surface area (Å²) in [6, 6.07) is 6.91. The van der Waals surface area contributed by atoms with Crippen LogP contribution >= 0.6 is 11.8 Å². The molecule has 1 rings (SSSR count). The second-order valence-electron chi connectivity index (χ2n) is 4.44.